The Hall–Kier alpha value is -1.39. The second kappa shape index (κ2) is 4.23. The Morgan fingerprint density at radius 3 is 3.00 bits per heavy atom. The molecule has 0 bridgehead atoms. The number of rotatable bonds is 2. The van der Waals surface area contributed by atoms with Gasteiger partial charge in [-0.05, 0) is 12.1 Å². The van der Waals surface area contributed by atoms with Crippen molar-refractivity contribution in [1.82, 2.24) is 19.6 Å². The third kappa shape index (κ3) is 1.81. The Morgan fingerprint density at radius 1 is 1.25 bits per heavy atom. The molecule has 0 atom stereocenters. The fourth-order valence-electron chi connectivity index (χ4n) is 2.23. The van der Waals surface area contributed by atoms with Gasteiger partial charge < -0.3 is 9.72 Å². The van der Waals surface area contributed by atoms with Crippen molar-refractivity contribution < 1.29 is 0 Å². The first-order valence-corrected chi connectivity index (χ1v) is 5.77. The van der Waals surface area contributed by atoms with Crippen LogP contribution in [0.4, 0.5) is 0 Å². The lowest BCUT2D eigenvalue weighted by Gasteiger charge is -2.27. The highest BCUT2D eigenvalue weighted by Gasteiger charge is 2.11. The maximum atomic E-state index is 4.30. The summed E-state index contributed by atoms with van der Waals surface area (Å²) in [5.41, 5.74) is 2.35. The number of hydrogen-bond donors (Lipinski definition) is 1. The topological polar surface area (TPSA) is 32.6 Å². The fourth-order valence-corrected chi connectivity index (χ4v) is 2.23. The quantitative estimate of drug-likeness (QED) is 0.803. The Labute approximate surface area is 94.9 Å². The van der Waals surface area contributed by atoms with Crippen molar-refractivity contribution in [2.24, 2.45) is 0 Å². The van der Waals surface area contributed by atoms with E-state index in [1.807, 2.05) is 18.5 Å². The zero-order valence-electron chi connectivity index (χ0n) is 9.26. The third-order valence-electron chi connectivity index (χ3n) is 3.11. The first kappa shape index (κ1) is 9.81. The largest absolute Gasteiger partial charge is 0.314 e. The van der Waals surface area contributed by atoms with Crippen LogP contribution in [0.25, 0.3) is 5.65 Å². The minimum absolute atomic E-state index is 1.01. The lowest BCUT2D eigenvalue weighted by Crippen LogP contribution is -2.43. The first-order chi connectivity index (χ1) is 7.93. The van der Waals surface area contributed by atoms with Crippen LogP contribution < -0.4 is 5.32 Å². The van der Waals surface area contributed by atoms with Crippen LogP contribution in [0.2, 0.25) is 0 Å². The Balaban J connectivity index is 1.85. The molecule has 1 N–H and O–H groups in total. The summed E-state index contributed by atoms with van der Waals surface area (Å²) < 4.78 is 2.17. The van der Waals surface area contributed by atoms with E-state index in [-0.39, 0.29) is 0 Å². The number of aromatic nitrogens is 2. The number of piperazine rings is 1. The standard InChI is InChI=1S/C12H16N4/c1-2-11(10-15-7-4-13-5-8-15)16-9-6-14-12(16)3-1/h1-3,6,9,13H,4-5,7-8,10H2. The van der Waals surface area contributed by atoms with Crippen LogP contribution in [-0.4, -0.2) is 40.5 Å². The van der Waals surface area contributed by atoms with Crippen molar-refractivity contribution in [3.63, 3.8) is 0 Å². The summed E-state index contributed by atoms with van der Waals surface area (Å²) in [6, 6.07) is 6.30. The fraction of sp³-hybridized carbons (Fsp3) is 0.417. The number of fused-ring (bicyclic) bond motifs is 1. The molecule has 0 radical (unpaired) electrons. The van der Waals surface area contributed by atoms with Crippen LogP contribution in [0.1, 0.15) is 5.69 Å². The molecule has 3 rings (SSSR count). The van der Waals surface area contributed by atoms with E-state index >= 15 is 0 Å². The van der Waals surface area contributed by atoms with E-state index in [1.54, 1.807) is 0 Å². The maximum absolute atomic E-state index is 4.30. The second-order valence-electron chi connectivity index (χ2n) is 4.20. The minimum atomic E-state index is 1.01. The zero-order chi connectivity index (χ0) is 10.8. The van der Waals surface area contributed by atoms with Crippen LogP contribution in [0.3, 0.4) is 0 Å². The molecule has 2 aromatic heterocycles. The average molecular weight is 216 g/mol. The molecule has 1 fully saturated rings. The van der Waals surface area contributed by atoms with Crippen LogP contribution >= 0.6 is 0 Å². The van der Waals surface area contributed by atoms with Gasteiger partial charge in [-0.2, -0.15) is 0 Å². The van der Waals surface area contributed by atoms with Crippen molar-refractivity contribution >= 4 is 5.65 Å². The summed E-state index contributed by atoms with van der Waals surface area (Å²) >= 11 is 0. The molecule has 0 amide bonds. The highest BCUT2D eigenvalue weighted by molar-refractivity contribution is 5.39. The second-order valence-corrected chi connectivity index (χ2v) is 4.20. The Kier molecular flexibility index (Phi) is 2.60. The summed E-state index contributed by atoms with van der Waals surface area (Å²) in [6.45, 7) is 5.46. The molecule has 84 valence electrons. The van der Waals surface area contributed by atoms with Crippen molar-refractivity contribution in [2.75, 3.05) is 26.2 Å². The number of imidazole rings is 1. The van der Waals surface area contributed by atoms with Gasteiger partial charge in [-0.1, -0.05) is 6.07 Å². The molecule has 0 unspecified atom stereocenters. The molecule has 1 saturated heterocycles. The van der Waals surface area contributed by atoms with Gasteiger partial charge in [0.15, 0.2) is 0 Å². The van der Waals surface area contributed by atoms with Crippen LogP contribution in [-0.2, 0) is 6.54 Å². The van der Waals surface area contributed by atoms with Gasteiger partial charge in [0.05, 0.1) is 0 Å². The van der Waals surface area contributed by atoms with Gasteiger partial charge >= 0.3 is 0 Å². The van der Waals surface area contributed by atoms with Crippen molar-refractivity contribution in [3.8, 4) is 0 Å². The van der Waals surface area contributed by atoms with Crippen molar-refractivity contribution in [3.05, 3.63) is 36.3 Å². The first-order valence-electron chi connectivity index (χ1n) is 5.77. The summed E-state index contributed by atoms with van der Waals surface area (Å²) in [7, 11) is 0. The Morgan fingerprint density at radius 2 is 2.12 bits per heavy atom. The van der Waals surface area contributed by atoms with Crippen molar-refractivity contribution in [1.29, 1.82) is 0 Å². The maximum Gasteiger partial charge on any atom is 0.136 e. The molecule has 2 aromatic rings. The van der Waals surface area contributed by atoms with Gasteiger partial charge in [0, 0.05) is 50.8 Å². The minimum Gasteiger partial charge on any atom is -0.314 e. The average Bonchev–Trinajstić information content (AvgIpc) is 2.80. The Bertz CT molecular complexity index is 471. The monoisotopic (exact) mass is 216 g/mol. The van der Waals surface area contributed by atoms with E-state index in [4.69, 9.17) is 0 Å². The van der Waals surface area contributed by atoms with Gasteiger partial charge in [0.1, 0.15) is 5.65 Å². The molecule has 0 aliphatic carbocycles. The highest BCUT2D eigenvalue weighted by atomic mass is 15.2. The van der Waals surface area contributed by atoms with Crippen LogP contribution in [0, 0.1) is 0 Å². The number of nitrogens with zero attached hydrogens (tertiary/aromatic N) is 3. The number of hydrogen-bond acceptors (Lipinski definition) is 3. The molecule has 3 heterocycles. The van der Waals surface area contributed by atoms with E-state index in [0.29, 0.717) is 0 Å². The van der Waals surface area contributed by atoms with Gasteiger partial charge in [0.25, 0.3) is 0 Å². The lowest BCUT2D eigenvalue weighted by molar-refractivity contribution is 0.230. The van der Waals surface area contributed by atoms with Crippen LogP contribution in [0.5, 0.6) is 0 Å². The molecule has 0 spiro atoms. The van der Waals surface area contributed by atoms with E-state index in [0.717, 1.165) is 38.4 Å². The predicted octanol–water partition coefficient (Wildman–Crippen LogP) is 0.739. The molecule has 0 saturated carbocycles. The van der Waals surface area contributed by atoms with Gasteiger partial charge in [-0.3, -0.25) is 4.90 Å². The van der Waals surface area contributed by atoms with Crippen molar-refractivity contribution in [2.45, 2.75) is 6.54 Å². The summed E-state index contributed by atoms with van der Waals surface area (Å²) in [4.78, 5) is 6.78. The molecule has 4 heteroatoms. The molecule has 1 aliphatic rings. The number of pyridine rings is 1. The SMILES string of the molecule is c1cc(CN2CCNCC2)n2ccnc2c1. The molecular formula is C12H16N4. The van der Waals surface area contributed by atoms with Gasteiger partial charge in [0.2, 0.25) is 0 Å². The zero-order valence-corrected chi connectivity index (χ0v) is 9.26. The molecule has 4 nitrogen and oxygen atoms in total. The van der Waals surface area contributed by atoms with Gasteiger partial charge in [-0.15, -0.1) is 0 Å². The number of nitrogens with one attached hydrogen (secondary N) is 1. The van der Waals surface area contributed by atoms with E-state index in [9.17, 15) is 0 Å². The predicted molar refractivity (Wildman–Crippen MR) is 63.3 cm³/mol. The third-order valence-corrected chi connectivity index (χ3v) is 3.11. The molecule has 0 aromatic carbocycles. The van der Waals surface area contributed by atoms with E-state index in [2.05, 4.69) is 31.7 Å². The summed E-state index contributed by atoms with van der Waals surface area (Å²) in [5.74, 6) is 0. The smallest absolute Gasteiger partial charge is 0.136 e. The molecule has 16 heavy (non-hydrogen) atoms. The lowest BCUT2D eigenvalue weighted by atomic mass is 10.3. The van der Waals surface area contributed by atoms with E-state index < -0.39 is 0 Å². The molecule has 1 aliphatic heterocycles. The van der Waals surface area contributed by atoms with Crippen LogP contribution in [0.15, 0.2) is 30.6 Å². The van der Waals surface area contributed by atoms with E-state index in [1.165, 1.54) is 5.69 Å². The molecular weight excluding hydrogens is 200 g/mol. The highest BCUT2D eigenvalue weighted by Crippen LogP contribution is 2.09. The van der Waals surface area contributed by atoms with Gasteiger partial charge in [-0.25, -0.2) is 4.98 Å². The summed E-state index contributed by atoms with van der Waals surface area (Å²) in [6.07, 6.45) is 3.89. The summed E-state index contributed by atoms with van der Waals surface area (Å²) in [5, 5.41) is 3.37. The normalized spacial score (nSPS) is 18.0.